The van der Waals surface area contributed by atoms with E-state index in [4.69, 9.17) is 10.4 Å². The highest BCUT2D eigenvalue weighted by molar-refractivity contribution is 5.79. The van der Waals surface area contributed by atoms with Crippen LogP contribution < -0.4 is 5.32 Å². The van der Waals surface area contributed by atoms with E-state index < -0.39 is 5.97 Å². The number of carboxylic acid groups (broad SMARTS) is 1. The van der Waals surface area contributed by atoms with Crippen molar-refractivity contribution in [1.82, 2.24) is 10.2 Å². The SMILES string of the molecule is N#CCCN1CCCC(C(=O)NCCCC(=O)O)C1. The predicted octanol–water partition coefficient (Wildman–Crippen LogP) is 0.593. The van der Waals surface area contributed by atoms with Gasteiger partial charge in [-0.05, 0) is 25.8 Å². The van der Waals surface area contributed by atoms with Gasteiger partial charge in [0.25, 0.3) is 0 Å². The van der Waals surface area contributed by atoms with Crippen LogP contribution in [0.5, 0.6) is 0 Å². The van der Waals surface area contributed by atoms with Crippen LogP contribution in [0.3, 0.4) is 0 Å². The van der Waals surface area contributed by atoms with E-state index in [2.05, 4.69) is 16.3 Å². The quantitative estimate of drug-likeness (QED) is 0.659. The number of nitrogens with zero attached hydrogens (tertiary/aromatic N) is 2. The van der Waals surface area contributed by atoms with Gasteiger partial charge in [0.2, 0.25) is 5.91 Å². The van der Waals surface area contributed by atoms with Crippen molar-refractivity contribution in [2.75, 3.05) is 26.2 Å². The number of nitrogens with one attached hydrogen (secondary N) is 1. The van der Waals surface area contributed by atoms with Crippen LogP contribution in [-0.4, -0.2) is 48.1 Å². The molecular weight excluding hydrogens is 246 g/mol. The molecule has 0 aromatic rings. The number of amides is 1. The zero-order valence-electron chi connectivity index (χ0n) is 11.1. The van der Waals surface area contributed by atoms with Crippen molar-refractivity contribution in [3.8, 4) is 6.07 Å². The number of carbonyl (C=O) groups excluding carboxylic acids is 1. The van der Waals surface area contributed by atoms with Gasteiger partial charge in [-0.2, -0.15) is 5.26 Å². The average Bonchev–Trinajstić information content (AvgIpc) is 2.41. The van der Waals surface area contributed by atoms with E-state index in [1.807, 2.05) is 0 Å². The van der Waals surface area contributed by atoms with Crippen molar-refractivity contribution in [3.63, 3.8) is 0 Å². The van der Waals surface area contributed by atoms with Gasteiger partial charge < -0.3 is 15.3 Å². The molecule has 1 amide bonds. The molecule has 1 unspecified atom stereocenters. The van der Waals surface area contributed by atoms with Crippen LogP contribution in [0.2, 0.25) is 0 Å². The van der Waals surface area contributed by atoms with Crippen molar-refractivity contribution >= 4 is 11.9 Å². The predicted molar refractivity (Wildman–Crippen MR) is 69.3 cm³/mol. The van der Waals surface area contributed by atoms with Gasteiger partial charge in [0.1, 0.15) is 0 Å². The minimum atomic E-state index is -0.838. The molecule has 0 saturated carbocycles. The van der Waals surface area contributed by atoms with Gasteiger partial charge >= 0.3 is 5.97 Å². The zero-order valence-corrected chi connectivity index (χ0v) is 11.1. The molecule has 2 N–H and O–H groups in total. The number of carbonyl (C=O) groups is 2. The van der Waals surface area contributed by atoms with E-state index in [9.17, 15) is 9.59 Å². The number of hydrogen-bond donors (Lipinski definition) is 2. The van der Waals surface area contributed by atoms with Gasteiger partial charge in [0.15, 0.2) is 0 Å². The first-order valence-corrected chi connectivity index (χ1v) is 6.72. The fraction of sp³-hybridized carbons (Fsp3) is 0.769. The number of carboxylic acids is 1. The number of hydrogen-bond acceptors (Lipinski definition) is 4. The highest BCUT2D eigenvalue weighted by Crippen LogP contribution is 2.16. The summed E-state index contributed by atoms with van der Waals surface area (Å²) in [5.74, 6) is -0.862. The summed E-state index contributed by atoms with van der Waals surface area (Å²) >= 11 is 0. The molecule has 0 radical (unpaired) electrons. The van der Waals surface area contributed by atoms with Crippen LogP contribution in [0.4, 0.5) is 0 Å². The number of rotatable bonds is 7. The first-order valence-electron chi connectivity index (χ1n) is 6.72. The largest absolute Gasteiger partial charge is 0.481 e. The van der Waals surface area contributed by atoms with Crippen LogP contribution >= 0.6 is 0 Å². The van der Waals surface area contributed by atoms with Crippen LogP contribution in [0.1, 0.15) is 32.1 Å². The third-order valence-electron chi connectivity index (χ3n) is 3.28. The van der Waals surface area contributed by atoms with E-state index in [0.717, 1.165) is 25.9 Å². The summed E-state index contributed by atoms with van der Waals surface area (Å²) in [6, 6.07) is 2.11. The first kappa shape index (κ1) is 15.4. The standard InChI is InChI=1S/C13H21N3O3/c14-6-3-9-16-8-2-4-11(10-16)13(19)15-7-1-5-12(17)18/h11H,1-5,7-10H2,(H,15,19)(H,17,18). The fourth-order valence-corrected chi connectivity index (χ4v) is 2.28. The van der Waals surface area contributed by atoms with Crippen molar-refractivity contribution in [1.29, 1.82) is 5.26 Å². The smallest absolute Gasteiger partial charge is 0.303 e. The maximum absolute atomic E-state index is 11.9. The lowest BCUT2D eigenvalue weighted by molar-refractivity contribution is -0.137. The summed E-state index contributed by atoms with van der Waals surface area (Å²) in [6.45, 7) is 2.79. The minimum absolute atomic E-state index is 0.00652. The Kier molecular flexibility index (Phi) is 6.90. The molecule has 0 aromatic heterocycles. The molecule has 1 aliphatic rings. The van der Waals surface area contributed by atoms with Gasteiger partial charge in [-0.15, -0.1) is 0 Å². The Morgan fingerprint density at radius 3 is 2.95 bits per heavy atom. The number of likely N-dealkylation sites (tertiary alicyclic amines) is 1. The van der Waals surface area contributed by atoms with Crippen molar-refractivity contribution in [3.05, 3.63) is 0 Å². The summed E-state index contributed by atoms with van der Waals surface area (Å²) in [5, 5.41) is 19.8. The lowest BCUT2D eigenvalue weighted by Gasteiger charge is -2.31. The average molecular weight is 267 g/mol. The summed E-state index contributed by atoms with van der Waals surface area (Å²) in [5.41, 5.74) is 0. The monoisotopic (exact) mass is 267 g/mol. The molecule has 1 saturated heterocycles. The molecule has 0 bridgehead atoms. The highest BCUT2D eigenvalue weighted by atomic mass is 16.4. The first-order chi connectivity index (χ1) is 9.13. The Morgan fingerprint density at radius 1 is 1.47 bits per heavy atom. The van der Waals surface area contributed by atoms with Gasteiger partial charge in [0.05, 0.1) is 12.0 Å². The Balaban J connectivity index is 2.24. The van der Waals surface area contributed by atoms with Crippen molar-refractivity contribution in [2.24, 2.45) is 5.92 Å². The second-order valence-electron chi connectivity index (χ2n) is 4.84. The van der Waals surface area contributed by atoms with E-state index in [-0.39, 0.29) is 18.2 Å². The molecule has 0 spiro atoms. The third-order valence-corrected chi connectivity index (χ3v) is 3.28. The van der Waals surface area contributed by atoms with E-state index in [0.29, 0.717) is 25.9 Å². The van der Waals surface area contributed by atoms with Crippen LogP contribution in [0.25, 0.3) is 0 Å². The molecule has 1 rings (SSSR count). The van der Waals surface area contributed by atoms with Crippen LogP contribution in [-0.2, 0) is 9.59 Å². The van der Waals surface area contributed by atoms with Crippen molar-refractivity contribution < 1.29 is 14.7 Å². The topological polar surface area (TPSA) is 93.4 Å². The Labute approximate surface area is 113 Å². The molecule has 106 valence electrons. The lowest BCUT2D eigenvalue weighted by Crippen LogP contribution is -2.43. The van der Waals surface area contributed by atoms with Crippen molar-refractivity contribution in [2.45, 2.75) is 32.1 Å². The molecule has 1 fully saturated rings. The maximum atomic E-state index is 11.9. The van der Waals surface area contributed by atoms with Gasteiger partial charge in [-0.25, -0.2) is 0 Å². The molecule has 0 aliphatic carbocycles. The van der Waals surface area contributed by atoms with Gasteiger partial charge in [0, 0.05) is 32.5 Å². The number of nitriles is 1. The van der Waals surface area contributed by atoms with E-state index in [1.165, 1.54) is 0 Å². The van der Waals surface area contributed by atoms with Crippen LogP contribution in [0.15, 0.2) is 0 Å². The Hall–Kier alpha value is -1.61. The van der Waals surface area contributed by atoms with Gasteiger partial charge in [-0.1, -0.05) is 0 Å². The molecule has 6 heteroatoms. The normalized spacial score (nSPS) is 19.6. The zero-order chi connectivity index (χ0) is 14.1. The van der Waals surface area contributed by atoms with E-state index in [1.54, 1.807) is 0 Å². The Morgan fingerprint density at radius 2 is 2.26 bits per heavy atom. The molecule has 1 aliphatic heterocycles. The van der Waals surface area contributed by atoms with Gasteiger partial charge in [-0.3, -0.25) is 9.59 Å². The lowest BCUT2D eigenvalue weighted by atomic mass is 9.97. The molecule has 19 heavy (non-hydrogen) atoms. The second kappa shape index (κ2) is 8.48. The van der Waals surface area contributed by atoms with Crippen LogP contribution in [0, 0.1) is 17.2 Å². The summed E-state index contributed by atoms with van der Waals surface area (Å²) < 4.78 is 0. The van der Waals surface area contributed by atoms with E-state index >= 15 is 0 Å². The molecule has 1 heterocycles. The second-order valence-corrected chi connectivity index (χ2v) is 4.84. The molecule has 6 nitrogen and oxygen atoms in total. The molecule has 1 atom stereocenters. The summed E-state index contributed by atoms with van der Waals surface area (Å²) in [6.07, 6.45) is 2.88. The maximum Gasteiger partial charge on any atom is 0.303 e. The molecule has 0 aromatic carbocycles. The fourth-order valence-electron chi connectivity index (χ4n) is 2.28. The summed E-state index contributed by atoms with van der Waals surface area (Å²) in [7, 11) is 0. The summed E-state index contributed by atoms with van der Waals surface area (Å²) in [4.78, 5) is 24.4. The number of aliphatic carboxylic acids is 1. The minimum Gasteiger partial charge on any atom is -0.481 e. The Bertz CT molecular complexity index is 352. The highest BCUT2D eigenvalue weighted by Gasteiger charge is 2.25. The number of piperidine rings is 1. The third kappa shape index (κ3) is 6.20. The molecular formula is C13H21N3O3.